The molecule has 0 aliphatic carbocycles. The van der Waals surface area contributed by atoms with Crippen molar-refractivity contribution in [2.45, 2.75) is 76.5 Å². The normalized spacial score (nSPS) is 14.1. The van der Waals surface area contributed by atoms with Gasteiger partial charge >= 0.3 is 0 Å². The Labute approximate surface area is 134 Å². The van der Waals surface area contributed by atoms with Crippen LogP contribution in [0.2, 0.25) is 0 Å². The number of unbranched alkanes of at least 4 members (excludes halogenated alkanes) is 4. The Hall–Kier alpha value is -0.510. The number of rotatable bonds is 10. The van der Waals surface area contributed by atoms with E-state index in [0.29, 0.717) is 0 Å². The summed E-state index contributed by atoms with van der Waals surface area (Å²) in [4.78, 5) is 1.33. The fraction of sp³-hybridized carbons (Fsp3) is 0.667. The third kappa shape index (κ3) is 6.86. The highest BCUT2D eigenvalue weighted by molar-refractivity contribution is 7.98. The van der Waals surface area contributed by atoms with Crippen LogP contribution in [0.5, 0.6) is 0 Å². The molecule has 2 unspecified atom stereocenters. The van der Waals surface area contributed by atoms with Crippen molar-refractivity contribution in [3.05, 3.63) is 29.3 Å². The lowest BCUT2D eigenvalue weighted by atomic mass is 9.98. The summed E-state index contributed by atoms with van der Waals surface area (Å²) < 4.78 is 0. The van der Waals surface area contributed by atoms with Crippen molar-refractivity contribution >= 4 is 11.8 Å². The van der Waals surface area contributed by atoms with Gasteiger partial charge in [0.05, 0.1) is 0 Å². The first-order valence-corrected chi connectivity index (χ1v) is 9.39. The predicted octanol–water partition coefficient (Wildman–Crippen LogP) is 5.05. The Morgan fingerprint density at radius 1 is 1.19 bits per heavy atom. The molecular weight excluding hydrogens is 278 g/mol. The zero-order chi connectivity index (χ0) is 15.7. The monoisotopic (exact) mass is 309 g/mol. The topological polar surface area (TPSA) is 32.3 Å². The zero-order valence-corrected chi connectivity index (χ0v) is 14.8. The van der Waals surface area contributed by atoms with E-state index in [-0.39, 0.29) is 6.04 Å². The van der Waals surface area contributed by atoms with Crippen molar-refractivity contribution in [1.82, 2.24) is 5.32 Å². The lowest BCUT2D eigenvalue weighted by molar-refractivity contribution is 0.137. The molecule has 0 aliphatic heterocycles. The second-order valence-electron chi connectivity index (χ2n) is 5.83. The van der Waals surface area contributed by atoms with Crippen LogP contribution >= 0.6 is 11.8 Å². The maximum Gasteiger partial charge on any atom is 0.102 e. The molecule has 0 saturated heterocycles. The maximum atomic E-state index is 9.68. The number of nitrogens with one attached hydrogen (secondary N) is 1. The average molecular weight is 310 g/mol. The maximum absolute atomic E-state index is 9.68. The van der Waals surface area contributed by atoms with Crippen LogP contribution in [0.4, 0.5) is 0 Å². The molecule has 21 heavy (non-hydrogen) atoms. The number of hydrogen-bond donors (Lipinski definition) is 2. The summed E-state index contributed by atoms with van der Waals surface area (Å²) in [5.74, 6) is 0. The lowest BCUT2D eigenvalue weighted by Gasteiger charge is -2.22. The lowest BCUT2D eigenvalue weighted by Crippen LogP contribution is -2.30. The van der Waals surface area contributed by atoms with Gasteiger partial charge in [-0.05, 0) is 43.7 Å². The number of benzene rings is 1. The van der Waals surface area contributed by atoms with E-state index in [4.69, 9.17) is 0 Å². The molecular formula is C18H31NOS. The predicted molar refractivity (Wildman–Crippen MR) is 93.9 cm³/mol. The zero-order valence-electron chi connectivity index (χ0n) is 14.0. The van der Waals surface area contributed by atoms with E-state index >= 15 is 0 Å². The van der Waals surface area contributed by atoms with Crippen LogP contribution in [-0.4, -0.2) is 17.6 Å². The Morgan fingerprint density at radius 3 is 2.48 bits per heavy atom. The Bertz CT molecular complexity index is 406. The van der Waals surface area contributed by atoms with Gasteiger partial charge in [0.15, 0.2) is 0 Å². The first kappa shape index (κ1) is 18.5. The van der Waals surface area contributed by atoms with E-state index in [1.165, 1.54) is 48.1 Å². The van der Waals surface area contributed by atoms with Crippen LogP contribution in [0, 0.1) is 6.92 Å². The van der Waals surface area contributed by atoms with Crippen LogP contribution in [0.15, 0.2) is 23.1 Å². The van der Waals surface area contributed by atoms with Crippen LogP contribution in [0.3, 0.4) is 0 Å². The van der Waals surface area contributed by atoms with Gasteiger partial charge in [0.25, 0.3) is 0 Å². The molecule has 120 valence electrons. The fourth-order valence-corrected chi connectivity index (χ4v) is 3.29. The van der Waals surface area contributed by atoms with Crippen LogP contribution in [0.25, 0.3) is 0 Å². The van der Waals surface area contributed by atoms with E-state index in [1.54, 1.807) is 18.7 Å². The van der Waals surface area contributed by atoms with Crippen LogP contribution < -0.4 is 5.32 Å². The molecule has 0 heterocycles. The third-order valence-corrected chi connectivity index (χ3v) is 4.76. The van der Waals surface area contributed by atoms with E-state index in [9.17, 15) is 5.11 Å². The van der Waals surface area contributed by atoms with Gasteiger partial charge in [0.1, 0.15) is 6.23 Å². The largest absolute Gasteiger partial charge is 0.379 e. The third-order valence-electron chi connectivity index (χ3n) is 3.86. The molecule has 0 aromatic heterocycles. The van der Waals surface area contributed by atoms with Crippen LogP contribution in [0.1, 0.15) is 69.5 Å². The summed E-state index contributed by atoms with van der Waals surface area (Å²) in [6.45, 7) is 6.21. The van der Waals surface area contributed by atoms with Gasteiger partial charge in [-0.25, -0.2) is 0 Å². The molecule has 1 rings (SSSR count). The fourth-order valence-electron chi connectivity index (χ4n) is 2.71. The number of thioether (sulfide) groups is 1. The molecule has 0 fully saturated rings. The summed E-state index contributed by atoms with van der Waals surface area (Å²) in [5.41, 5.74) is 2.62. The van der Waals surface area contributed by atoms with Crippen molar-refractivity contribution < 1.29 is 5.11 Å². The second-order valence-corrected chi connectivity index (χ2v) is 6.68. The highest BCUT2D eigenvalue weighted by Gasteiger charge is 2.14. The Morgan fingerprint density at radius 2 is 1.90 bits per heavy atom. The van der Waals surface area contributed by atoms with Crippen LogP contribution in [-0.2, 0) is 0 Å². The second kappa shape index (κ2) is 10.3. The van der Waals surface area contributed by atoms with E-state index in [2.05, 4.69) is 43.6 Å². The number of hydrogen-bond acceptors (Lipinski definition) is 3. The van der Waals surface area contributed by atoms with Gasteiger partial charge in [0.2, 0.25) is 0 Å². The minimum atomic E-state index is -0.467. The first-order valence-electron chi connectivity index (χ1n) is 8.17. The van der Waals surface area contributed by atoms with Gasteiger partial charge < -0.3 is 5.11 Å². The number of aliphatic hydroxyl groups excluding tert-OH is 1. The Balaban J connectivity index is 2.65. The summed E-state index contributed by atoms with van der Waals surface area (Å²) in [6, 6.07) is 6.91. The number of aliphatic hydroxyl groups is 1. The smallest absolute Gasteiger partial charge is 0.102 e. The Kier molecular flexibility index (Phi) is 9.05. The summed E-state index contributed by atoms with van der Waals surface area (Å²) in [6.07, 6.45) is 9.17. The first-order chi connectivity index (χ1) is 10.1. The quantitative estimate of drug-likeness (QED) is 0.360. The van der Waals surface area contributed by atoms with Crippen molar-refractivity contribution in [3.63, 3.8) is 0 Å². The average Bonchev–Trinajstić information content (AvgIpc) is 2.45. The molecule has 0 saturated carbocycles. The molecule has 0 aliphatic rings. The molecule has 1 aromatic carbocycles. The summed E-state index contributed by atoms with van der Waals surface area (Å²) in [7, 11) is 0. The molecule has 2 nitrogen and oxygen atoms in total. The van der Waals surface area contributed by atoms with E-state index < -0.39 is 6.23 Å². The van der Waals surface area contributed by atoms with E-state index in [0.717, 1.165) is 6.42 Å². The molecule has 2 N–H and O–H groups in total. The van der Waals surface area contributed by atoms with E-state index in [1.807, 2.05) is 0 Å². The standard InChI is InChI=1S/C18H31NOS/c1-5-6-7-8-9-10-17(19-15(3)20)16-11-12-18(21-4)14(2)13-16/h11-13,15,17,19-20H,5-10H2,1-4H3. The molecule has 0 spiro atoms. The van der Waals surface area contributed by atoms with Gasteiger partial charge in [-0.2, -0.15) is 0 Å². The van der Waals surface area contributed by atoms with Gasteiger partial charge in [-0.3, -0.25) is 5.32 Å². The molecule has 0 bridgehead atoms. The SMILES string of the molecule is CCCCCCCC(NC(C)O)c1ccc(SC)c(C)c1. The summed E-state index contributed by atoms with van der Waals surface area (Å²) >= 11 is 1.79. The molecule has 0 amide bonds. The van der Waals surface area contributed by atoms with Crippen molar-refractivity contribution in [1.29, 1.82) is 0 Å². The van der Waals surface area contributed by atoms with Crippen molar-refractivity contribution in [3.8, 4) is 0 Å². The minimum absolute atomic E-state index is 0.251. The summed E-state index contributed by atoms with van der Waals surface area (Å²) in [5, 5.41) is 13.0. The van der Waals surface area contributed by atoms with Crippen molar-refractivity contribution in [2.75, 3.05) is 6.26 Å². The minimum Gasteiger partial charge on any atom is -0.379 e. The number of aryl methyl sites for hydroxylation is 1. The van der Waals surface area contributed by atoms with Gasteiger partial charge in [-0.15, -0.1) is 11.8 Å². The highest BCUT2D eigenvalue weighted by atomic mass is 32.2. The van der Waals surface area contributed by atoms with Gasteiger partial charge in [0, 0.05) is 10.9 Å². The molecule has 2 atom stereocenters. The molecule has 0 radical (unpaired) electrons. The van der Waals surface area contributed by atoms with Crippen molar-refractivity contribution in [2.24, 2.45) is 0 Å². The highest BCUT2D eigenvalue weighted by Crippen LogP contribution is 2.26. The molecule has 3 heteroatoms. The molecule has 1 aromatic rings. The van der Waals surface area contributed by atoms with Gasteiger partial charge in [-0.1, -0.05) is 51.2 Å².